The first kappa shape index (κ1) is 22.4. The third-order valence-corrected chi connectivity index (χ3v) is 7.65. The molecule has 0 saturated carbocycles. The number of carbonyl (C=O) groups excluding carboxylic acids is 1. The van der Waals surface area contributed by atoms with Crippen molar-refractivity contribution in [3.05, 3.63) is 24.1 Å². The highest BCUT2D eigenvalue weighted by molar-refractivity contribution is 7.91. The Balaban J connectivity index is 1.36. The van der Waals surface area contributed by atoms with Crippen LogP contribution in [0.2, 0.25) is 0 Å². The first-order valence-electron chi connectivity index (χ1n) is 10.8. The number of piperazine rings is 1. The van der Waals surface area contributed by atoms with Crippen molar-refractivity contribution < 1.29 is 22.0 Å². The average Bonchev–Trinajstić information content (AvgIpc) is 3.51. The molecule has 2 saturated heterocycles. The van der Waals surface area contributed by atoms with E-state index in [4.69, 9.17) is 8.83 Å². The van der Waals surface area contributed by atoms with Crippen molar-refractivity contribution >= 4 is 21.6 Å². The number of furan rings is 1. The second-order valence-corrected chi connectivity index (χ2v) is 10.4. The Hall–Kier alpha value is -2.84. The van der Waals surface area contributed by atoms with Crippen molar-refractivity contribution in [2.24, 2.45) is 0 Å². The predicted octanol–water partition coefficient (Wildman–Crippen LogP) is 1.35. The lowest BCUT2D eigenvalue weighted by Crippen LogP contribution is -2.52. The van der Waals surface area contributed by atoms with Crippen LogP contribution in [0.1, 0.15) is 25.5 Å². The maximum absolute atomic E-state index is 13.0. The Kier molecular flexibility index (Phi) is 6.53. The van der Waals surface area contributed by atoms with Gasteiger partial charge in [-0.05, 0) is 25.0 Å². The molecule has 2 aromatic rings. The molecule has 0 N–H and O–H groups in total. The molecule has 2 aliphatic heterocycles. The van der Waals surface area contributed by atoms with Gasteiger partial charge in [-0.25, -0.2) is 8.42 Å². The summed E-state index contributed by atoms with van der Waals surface area (Å²) in [5, 5.41) is 9.45. The molecule has 32 heavy (non-hydrogen) atoms. The number of amides is 1. The molecule has 4 heterocycles. The monoisotopic (exact) mass is 461 g/mol. The highest BCUT2D eigenvalue weighted by Gasteiger charge is 2.35. The fourth-order valence-electron chi connectivity index (χ4n) is 4.27. The van der Waals surface area contributed by atoms with Gasteiger partial charge in [0.05, 0.1) is 24.3 Å². The second-order valence-electron chi connectivity index (χ2n) is 8.17. The molecule has 2 fully saturated rings. The van der Waals surface area contributed by atoms with Crippen LogP contribution in [0.25, 0.3) is 11.7 Å². The maximum atomic E-state index is 13.0. The Morgan fingerprint density at radius 3 is 2.72 bits per heavy atom. The Morgan fingerprint density at radius 1 is 1.34 bits per heavy atom. The molecule has 1 atom stereocenters. The van der Waals surface area contributed by atoms with E-state index in [-0.39, 0.29) is 41.6 Å². The molecule has 2 aliphatic rings. The van der Waals surface area contributed by atoms with Gasteiger partial charge in [-0.1, -0.05) is 6.92 Å². The molecule has 0 radical (unpaired) electrons. The van der Waals surface area contributed by atoms with E-state index in [0.717, 1.165) is 6.42 Å². The minimum absolute atomic E-state index is 0.0279. The normalized spacial score (nSPS) is 20.9. The summed E-state index contributed by atoms with van der Waals surface area (Å²) in [5.41, 5.74) is 0.206. The number of carbonyl (C=O) groups is 1. The van der Waals surface area contributed by atoms with E-state index in [1.54, 1.807) is 17.0 Å². The number of oxazole rings is 1. The van der Waals surface area contributed by atoms with Gasteiger partial charge >= 0.3 is 0 Å². The van der Waals surface area contributed by atoms with Gasteiger partial charge in [0.1, 0.15) is 6.07 Å². The molecule has 11 heteroatoms. The highest BCUT2D eigenvalue weighted by Crippen LogP contribution is 2.29. The Labute approximate surface area is 187 Å². The number of nitrogens with zero attached hydrogens (tertiary/aromatic N) is 5. The molecular formula is C21H27N5O5S. The van der Waals surface area contributed by atoms with Crippen molar-refractivity contribution in [2.45, 2.75) is 25.8 Å². The van der Waals surface area contributed by atoms with E-state index in [9.17, 15) is 18.5 Å². The molecule has 0 aliphatic carbocycles. The largest absolute Gasteiger partial charge is 0.459 e. The van der Waals surface area contributed by atoms with Crippen LogP contribution in [0.15, 0.2) is 27.2 Å². The third kappa shape index (κ3) is 4.81. The van der Waals surface area contributed by atoms with Crippen LogP contribution in [0, 0.1) is 11.3 Å². The summed E-state index contributed by atoms with van der Waals surface area (Å²) >= 11 is 0. The van der Waals surface area contributed by atoms with Crippen molar-refractivity contribution in [1.82, 2.24) is 14.8 Å². The Bertz CT molecular complexity index is 1080. The van der Waals surface area contributed by atoms with Crippen LogP contribution in [0.5, 0.6) is 0 Å². The minimum Gasteiger partial charge on any atom is -0.459 e. The molecule has 4 rings (SSSR count). The van der Waals surface area contributed by atoms with Gasteiger partial charge in [0.15, 0.2) is 15.6 Å². The van der Waals surface area contributed by atoms with E-state index in [1.807, 2.05) is 11.8 Å². The number of hydrogen-bond acceptors (Lipinski definition) is 9. The minimum atomic E-state index is -3.05. The van der Waals surface area contributed by atoms with E-state index in [1.165, 1.54) is 6.26 Å². The van der Waals surface area contributed by atoms with E-state index in [2.05, 4.69) is 16.0 Å². The molecule has 0 aromatic carbocycles. The molecular weight excluding hydrogens is 434 g/mol. The van der Waals surface area contributed by atoms with Gasteiger partial charge in [0.2, 0.25) is 17.5 Å². The summed E-state index contributed by atoms with van der Waals surface area (Å²) in [6, 6.07) is 5.30. The zero-order valence-corrected chi connectivity index (χ0v) is 18.9. The lowest BCUT2D eigenvalue weighted by atomic mass is 10.2. The Morgan fingerprint density at radius 2 is 2.12 bits per heavy atom. The second kappa shape index (κ2) is 9.34. The summed E-state index contributed by atoms with van der Waals surface area (Å²) in [6.45, 7) is 5.22. The summed E-state index contributed by atoms with van der Waals surface area (Å²) in [6.07, 6.45) is 2.82. The number of hydrogen-bond donors (Lipinski definition) is 0. The van der Waals surface area contributed by atoms with E-state index >= 15 is 0 Å². The van der Waals surface area contributed by atoms with Gasteiger partial charge in [0.25, 0.3) is 5.89 Å². The molecule has 0 bridgehead atoms. The van der Waals surface area contributed by atoms with Crippen LogP contribution < -0.4 is 4.90 Å². The predicted molar refractivity (Wildman–Crippen MR) is 117 cm³/mol. The number of sulfone groups is 1. The van der Waals surface area contributed by atoms with Crippen molar-refractivity contribution in [3.63, 3.8) is 0 Å². The lowest BCUT2D eigenvalue weighted by molar-refractivity contribution is -0.134. The number of rotatable bonds is 7. The smallest absolute Gasteiger partial charge is 0.266 e. The molecule has 2 aromatic heterocycles. The topological polar surface area (TPSA) is 124 Å². The first-order chi connectivity index (χ1) is 15.4. The fourth-order valence-corrected chi connectivity index (χ4v) is 6.00. The van der Waals surface area contributed by atoms with Crippen LogP contribution in [-0.2, 0) is 14.6 Å². The van der Waals surface area contributed by atoms with E-state index in [0.29, 0.717) is 50.8 Å². The number of aromatic nitrogens is 1. The highest BCUT2D eigenvalue weighted by atomic mass is 32.2. The fraction of sp³-hybridized carbons (Fsp3) is 0.571. The summed E-state index contributed by atoms with van der Waals surface area (Å²) in [5.74, 6) is 1.33. The van der Waals surface area contributed by atoms with Crippen LogP contribution in [0.3, 0.4) is 0 Å². The lowest BCUT2D eigenvalue weighted by Gasteiger charge is -2.36. The van der Waals surface area contributed by atoms with Crippen LogP contribution in [0.4, 0.5) is 5.88 Å². The average molecular weight is 462 g/mol. The molecule has 172 valence electrons. The third-order valence-electron chi connectivity index (χ3n) is 5.90. The molecule has 10 nitrogen and oxygen atoms in total. The van der Waals surface area contributed by atoms with Gasteiger partial charge < -0.3 is 18.6 Å². The maximum Gasteiger partial charge on any atom is 0.266 e. The van der Waals surface area contributed by atoms with Crippen molar-refractivity contribution in [1.29, 1.82) is 5.26 Å². The van der Waals surface area contributed by atoms with Crippen LogP contribution in [-0.4, -0.2) is 85.9 Å². The summed E-state index contributed by atoms with van der Waals surface area (Å²) < 4.78 is 34.8. The molecule has 0 unspecified atom stereocenters. The molecule has 0 spiro atoms. The summed E-state index contributed by atoms with van der Waals surface area (Å²) in [7, 11) is -3.05. The van der Waals surface area contributed by atoms with Gasteiger partial charge in [0, 0.05) is 38.8 Å². The SMILES string of the molecule is CCCN(C(=O)CN1CCN(c2oc(-c3ccco3)nc2C#N)CC1)[C@@H]1CCS(=O)(=O)C1. The number of nitriles is 1. The number of anilines is 1. The standard InChI is InChI=1S/C21H27N5O5S/c1-2-6-26(16-5-12-32(28,29)15-16)19(27)14-24-7-9-25(10-8-24)21-17(13-22)23-20(31-21)18-4-3-11-30-18/h3-4,11,16H,2,5-10,12,14-15H2,1H3/t16-/m1/s1. The van der Waals surface area contributed by atoms with Gasteiger partial charge in [-0.2, -0.15) is 10.2 Å². The van der Waals surface area contributed by atoms with Crippen molar-refractivity contribution in [3.8, 4) is 17.7 Å². The zero-order chi connectivity index (χ0) is 22.7. The first-order valence-corrected chi connectivity index (χ1v) is 12.6. The van der Waals surface area contributed by atoms with Gasteiger partial charge in [-0.3, -0.25) is 9.69 Å². The quantitative estimate of drug-likeness (QED) is 0.601. The van der Waals surface area contributed by atoms with Gasteiger partial charge in [-0.15, -0.1) is 0 Å². The van der Waals surface area contributed by atoms with Crippen LogP contribution >= 0.6 is 0 Å². The van der Waals surface area contributed by atoms with Crippen molar-refractivity contribution in [2.75, 3.05) is 55.7 Å². The summed E-state index contributed by atoms with van der Waals surface area (Å²) in [4.78, 5) is 23.0. The molecule has 1 amide bonds. The van der Waals surface area contributed by atoms with E-state index < -0.39 is 9.84 Å². The zero-order valence-electron chi connectivity index (χ0n) is 18.1.